The van der Waals surface area contributed by atoms with Gasteiger partial charge in [0, 0.05) is 19.8 Å². The van der Waals surface area contributed by atoms with Crippen LogP contribution in [0.1, 0.15) is 11.4 Å². The average Bonchev–Trinajstić information content (AvgIpc) is 2.27. The number of thiocarbonyl (C=S) groups is 1. The van der Waals surface area contributed by atoms with E-state index < -0.39 is 0 Å². The first kappa shape index (κ1) is 13.3. The summed E-state index contributed by atoms with van der Waals surface area (Å²) in [5, 5.41) is 2.53. The van der Waals surface area contributed by atoms with Crippen LogP contribution in [0.15, 0.2) is 6.07 Å². The Morgan fingerprint density at radius 2 is 2.24 bits per heavy atom. The lowest BCUT2D eigenvalue weighted by molar-refractivity contribution is -0.119. The molecule has 1 rings (SSSR count). The van der Waals surface area contributed by atoms with Crippen LogP contribution in [-0.4, -0.2) is 41.5 Å². The van der Waals surface area contributed by atoms with E-state index in [0.29, 0.717) is 11.6 Å². The number of hydrogen-bond donors (Lipinski definition) is 2. The van der Waals surface area contributed by atoms with Crippen LogP contribution in [0.2, 0.25) is 0 Å². The van der Waals surface area contributed by atoms with Crippen molar-refractivity contribution in [3.63, 3.8) is 0 Å². The molecule has 0 radical (unpaired) electrons. The monoisotopic (exact) mass is 253 g/mol. The van der Waals surface area contributed by atoms with Crippen molar-refractivity contribution in [2.75, 3.05) is 25.5 Å². The third-order valence-corrected chi connectivity index (χ3v) is 2.31. The van der Waals surface area contributed by atoms with Crippen LogP contribution < -0.4 is 16.0 Å². The fourth-order valence-corrected chi connectivity index (χ4v) is 1.32. The maximum atomic E-state index is 11.2. The molecule has 3 N–H and O–H groups in total. The largest absolute Gasteiger partial charge is 0.388 e. The number of nitrogens with zero attached hydrogens (tertiary/aromatic N) is 3. The van der Waals surface area contributed by atoms with Crippen LogP contribution in [0, 0.1) is 6.92 Å². The Morgan fingerprint density at radius 1 is 1.59 bits per heavy atom. The quantitative estimate of drug-likeness (QED) is 0.710. The number of nitrogens with two attached hydrogens (primary N) is 1. The summed E-state index contributed by atoms with van der Waals surface area (Å²) in [6.07, 6.45) is 0. The molecule has 0 atom stereocenters. The van der Waals surface area contributed by atoms with Gasteiger partial charge >= 0.3 is 0 Å². The second kappa shape index (κ2) is 5.53. The van der Waals surface area contributed by atoms with Gasteiger partial charge in [-0.1, -0.05) is 12.2 Å². The molecule has 0 spiro atoms. The summed E-state index contributed by atoms with van der Waals surface area (Å²) < 4.78 is 0. The third kappa shape index (κ3) is 3.63. The first-order valence-electron chi connectivity index (χ1n) is 5.01. The Bertz CT molecular complexity index is 448. The molecule has 0 unspecified atom stereocenters. The predicted octanol–water partition coefficient (Wildman–Crippen LogP) is -0.399. The van der Waals surface area contributed by atoms with Gasteiger partial charge < -0.3 is 16.0 Å². The van der Waals surface area contributed by atoms with Gasteiger partial charge in [0.1, 0.15) is 10.7 Å². The molecule has 0 saturated heterocycles. The van der Waals surface area contributed by atoms with Crippen molar-refractivity contribution in [1.82, 2.24) is 15.3 Å². The Balaban J connectivity index is 2.97. The van der Waals surface area contributed by atoms with Gasteiger partial charge in [-0.25, -0.2) is 9.97 Å². The average molecular weight is 253 g/mol. The van der Waals surface area contributed by atoms with Crippen LogP contribution in [0.25, 0.3) is 0 Å². The maximum Gasteiger partial charge on any atom is 0.239 e. The van der Waals surface area contributed by atoms with Crippen molar-refractivity contribution in [2.45, 2.75) is 6.92 Å². The Morgan fingerprint density at radius 3 is 2.76 bits per heavy atom. The summed E-state index contributed by atoms with van der Waals surface area (Å²) in [4.78, 5) is 21.5. The number of aromatic nitrogens is 2. The van der Waals surface area contributed by atoms with Crippen molar-refractivity contribution < 1.29 is 4.79 Å². The molecule has 0 aromatic carbocycles. The first-order valence-corrected chi connectivity index (χ1v) is 5.42. The van der Waals surface area contributed by atoms with Gasteiger partial charge in [-0.15, -0.1) is 0 Å². The van der Waals surface area contributed by atoms with E-state index in [0.717, 1.165) is 5.69 Å². The van der Waals surface area contributed by atoms with Gasteiger partial charge in [0.05, 0.1) is 6.54 Å². The van der Waals surface area contributed by atoms with E-state index in [4.69, 9.17) is 18.0 Å². The summed E-state index contributed by atoms with van der Waals surface area (Å²) in [7, 11) is 3.31. The number of aryl methyl sites for hydroxylation is 1. The van der Waals surface area contributed by atoms with Gasteiger partial charge in [-0.3, -0.25) is 4.79 Å². The second-order valence-electron chi connectivity index (χ2n) is 3.59. The zero-order valence-electron chi connectivity index (χ0n) is 10.0. The Hall–Kier alpha value is -1.76. The molecule has 0 fully saturated rings. The molecule has 0 aliphatic carbocycles. The van der Waals surface area contributed by atoms with E-state index >= 15 is 0 Å². The fourth-order valence-electron chi connectivity index (χ4n) is 1.21. The standard InChI is InChI=1S/C10H15N5OS/c1-6-4-7(9(11)17)14-10(13-6)15(3)5-8(16)12-2/h4H,5H2,1-3H3,(H2,11,17)(H,12,16). The zero-order valence-corrected chi connectivity index (χ0v) is 10.8. The summed E-state index contributed by atoms with van der Waals surface area (Å²) in [6, 6.07) is 1.71. The number of likely N-dealkylation sites (N-methyl/N-ethyl adjacent to an activating group) is 2. The summed E-state index contributed by atoms with van der Waals surface area (Å²) in [5.74, 6) is 0.311. The molecule has 1 amide bonds. The van der Waals surface area contributed by atoms with Gasteiger partial charge in [0.25, 0.3) is 0 Å². The van der Waals surface area contributed by atoms with Crippen LogP contribution >= 0.6 is 12.2 Å². The van der Waals surface area contributed by atoms with Crippen LogP contribution in [0.4, 0.5) is 5.95 Å². The molecule has 0 bridgehead atoms. The molecule has 0 aliphatic rings. The van der Waals surface area contributed by atoms with E-state index in [1.54, 1.807) is 25.1 Å². The van der Waals surface area contributed by atoms with Gasteiger partial charge in [-0.2, -0.15) is 0 Å². The lowest BCUT2D eigenvalue weighted by atomic mass is 10.3. The predicted molar refractivity (Wildman–Crippen MR) is 70.0 cm³/mol. The third-order valence-electron chi connectivity index (χ3n) is 2.10. The van der Waals surface area contributed by atoms with Gasteiger partial charge in [-0.05, 0) is 13.0 Å². The number of hydrogen-bond acceptors (Lipinski definition) is 5. The molecule has 92 valence electrons. The number of nitrogens with one attached hydrogen (secondary N) is 1. The maximum absolute atomic E-state index is 11.2. The molecule has 7 heteroatoms. The Kier molecular flexibility index (Phi) is 4.33. The van der Waals surface area contributed by atoms with Crippen molar-refractivity contribution in [3.05, 3.63) is 17.5 Å². The topological polar surface area (TPSA) is 84.1 Å². The highest BCUT2D eigenvalue weighted by atomic mass is 32.1. The van der Waals surface area contributed by atoms with E-state index in [1.165, 1.54) is 0 Å². The smallest absolute Gasteiger partial charge is 0.239 e. The fraction of sp³-hybridized carbons (Fsp3) is 0.400. The van der Waals surface area contributed by atoms with Crippen LogP contribution in [0.5, 0.6) is 0 Å². The number of rotatable bonds is 4. The highest BCUT2D eigenvalue weighted by Crippen LogP contribution is 2.08. The minimum absolute atomic E-state index is 0.116. The molecular formula is C10H15N5OS. The van der Waals surface area contributed by atoms with Crippen LogP contribution in [-0.2, 0) is 4.79 Å². The second-order valence-corrected chi connectivity index (χ2v) is 4.03. The summed E-state index contributed by atoms with van der Waals surface area (Å²) in [6.45, 7) is 2.00. The molecule has 1 aromatic rings. The molecule has 0 aliphatic heterocycles. The molecule has 0 saturated carbocycles. The number of carbonyl (C=O) groups excluding carboxylic acids is 1. The van der Waals surface area contributed by atoms with Crippen molar-refractivity contribution >= 4 is 29.1 Å². The Labute approximate surface area is 105 Å². The van der Waals surface area contributed by atoms with Crippen molar-refractivity contribution in [2.24, 2.45) is 5.73 Å². The molecule has 17 heavy (non-hydrogen) atoms. The normalized spacial score (nSPS) is 9.82. The lowest BCUT2D eigenvalue weighted by Crippen LogP contribution is -2.34. The first-order chi connectivity index (χ1) is 7.93. The molecular weight excluding hydrogens is 238 g/mol. The number of carbonyl (C=O) groups is 1. The molecule has 6 nitrogen and oxygen atoms in total. The highest BCUT2D eigenvalue weighted by molar-refractivity contribution is 7.80. The van der Waals surface area contributed by atoms with E-state index in [9.17, 15) is 4.79 Å². The summed E-state index contributed by atoms with van der Waals surface area (Å²) >= 11 is 4.87. The van der Waals surface area contributed by atoms with Gasteiger partial charge in [0.2, 0.25) is 11.9 Å². The molecule has 1 aromatic heterocycles. The minimum Gasteiger partial charge on any atom is -0.388 e. The minimum atomic E-state index is -0.116. The zero-order chi connectivity index (χ0) is 13.0. The van der Waals surface area contributed by atoms with E-state index in [-0.39, 0.29) is 17.4 Å². The van der Waals surface area contributed by atoms with E-state index in [1.807, 2.05) is 6.92 Å². The summed E-state index contributed by atoms with van der Waals surface area (Å²) in [5.41, 5.74) is 6.78. The van der Waals surface area contributed by atoms with Gasteiger partial charge in [0.15, 0.2) is 0 Å². The van der Waals surface area contributed by atoms with E-state index in [2.05, 4.69) is 15.3 Å². The number of amides is 1. The lowest BCUT2D eigenvalue weighted by Gasteiger charge is -2.16. The highest BCUT2D eigenvalue weighted by Gasteiger charge is 2.11. The SMILES string of the molecule is CNC(=O)CN(C)c1nc(C)cc(C(N)=S)n1. The number of anilines is 1. The van der Waals surface area contributed by atoms with Crippen molar-refractivity contribution in [3.8, 4) is 0 Å². The van der Waals surface area contributed by atoms with Crippen LogP contribution in [0.3, 0.4) is 0 Å². The molecule has 1 heterocycles. The van der Waals surface area contributed by atoms with Crippen molar-refractivity contribution in [1.29, 1.82) is 0 Å².